The van der Waals surface area contributed by atoms with E-state index in [2.05, 4.69) is 480 Å². The third-order valence-corrected chi connectivity index (χ3v) is 19.7. The zero-order chi connectivity index (χ0) is 76.7. The van der Waals surface area contributed by atoms with Gasteiger partial charge >= 0.3 is 0 Å². The van der Waals surface area contributed by atoms with E-state index in [1.807, 2.05) is 6.07 Å². The topological polar surface area (TPSA) is 17.9 Å². The first-order valence-electron chi connectivity index (χ1n) is 38.1. The van der Waals surface area contributed by atoms with Crippen molar-refractivity contribution in [2.75, 3.05) is 40.7 Å². The molecule has 1 heterocycles. The van der Waals surface area contributed by atoms with Gasteiger partial charge in [0.1, 0.15) is 0 Å². The van der Waals surface area contributed by atoms with E-state index >= 15 is 0 Å². The van der Waals surface area contributed by atoms with Gasteiger partial charge in [-0.2, -0.15) is 0 Å². The number of anilines is 7. The molecule has 1 aromatic heterocycles. The predicted octanol–water partition coefficient (Wildman–Crippen LogP) is 28.4. The summed E-state index contributed by atoms with van der Waals surface area (Å²) in [5.41, 5.74) is 19.9. The number of benzene rings is 12. The van der Waals surface area contributed by atoms with Crippen LogP contribution in [0.2, 0.25) is 0 Å². The van der Waals surface area contributed by atoms with E-state index in [0.29, 0.717) is 12.1 Å². The molecule has 0 amide bonds. The molecule has 13 aromatic rings. The third kappa shape index (κ3) is 20.6. The Morgan fingerprint density at radius 1 is 0.226 bits per heavy atom. The lowest BCUT2D eigenvalue weighted by Crippen LogP contribution is -2.36. The molecule has 0 saturated carbocycles. The number of rotatable bonds is 10. The van der Waals surface area contributed by atoms with Crippen LogP contribution in [0.4, 0.5) is 39.8 Å². The van der Waals surface area contributed by atoms with Crippen molar-refractivity contribution in [3.8, 4) is 5.69 Å². The van der Waals surface area contributed by atoms with E-state index in [-0.39, 0.29) is 27.1 Å². The molecule has 106 heavy (non-hydrogen) atoms. The number of hydrogen-bond donors (Lipinski definition) is 0. The highest BCUT2D eigenvalue weighted by Gasteiger charge is 2.21. The molecule has 0 aliphatic carbocycles. The van der Waals surface area contributed by atoms with Crippen molar-refractivity contribution in [2.45, 2.75) is 171 Å². The second kappa shape index (κ2) is 34.7. The summed E-state index contributed by atoms with van der Waals surface area (Å²) in [5.74, 6) is 0. The Balaban J connectivity index is 0.000000161. The molecule has 0 saturated heterocycles. The largest absolute Gasteiger partial charge is 0.378 e. The zero-order valence-electron chi connectivity index (χ0n) is 67.8. The smallest absolute Gasteiger partial charge is 0.0540 e. The van der Waals surface area contributed by atoms with Crippen LogP contribution in [0.3, 0.4) is 0 Å². The van der Waals surface area contributed by atoms with Gasteiger partial charge in [-0.1, -0.05) is 304 Å². The van der Waals surface area contributed by atoms with Gasteiger partial charge in [-0.15, -0.1) is 0 Å². The standard InChI is InChI=1S/C34H29N.C22H23N.C17H21N.C16H27N.C12H19N/c1-34(2,3)24-20-22-25(23-21-24)35-32-18-10-8-16-30(32)28-14-6-4-12-26(28)27-13-5-7-15-29(27)31-17-9-11-19-33(31)35;1-22(2,3)18-14-16-21(17-15-18)23(19-10-6-4-7-11-19)20-12-8-5-9-13-20;1-17(2,3)14-10-12-16(13-11-14)18(4)15-8-6-5-7-9-15;1-12(2)17(13(3)4)15-10-8-14(9-11-15)16(5,6)7;1-12(2,3)10-6-8-11(9-7-10)13(4)5/h4-23H,1-3H3;4-17H,1-3H3;5-13H,1-4H3;8-13H,1-7H3;6-9H,1-5H3. The number of para-hydroxylation sites is 5. The second-order valence-corrected chi connectivity index (χ2v) is 33.8. The minimum Gasteiger partial charge on any atom is -0.378 e. The fourth-order valence-corrected chi connectivity index (χ4v) is 13.5. The Bertz CT molecular complexity index is 4790. The molecular formula is C101H119N5. The van der Waals surface area contributed by atoms with Gasteiger partial charge in [-0.3, -0.25) is 0 Å². The Labute approximate surface area is 638 Å². The van der Waals surface area contributed by atoms with E-state index in [1.54, 1.807) is 0 Å². The lowest BCUT2D eigenvalue weighted by atomic mass is 9.87. The number of nitrogens with zero attached hydrogens (tertiary/aromatic N) is 5. The quantitative estimate of drug-likeness (QED) is 0.136. The summed E-state index contributed by atoms with van der Waals surface area (Å²) in [7, 11) is 6.22. The average molecular weight is 1400 g/mol. The summed E-state index contributed by atoms with van der Waals surface area (Å²) in [4.78, 5) is 9.05. The SMILES string of the molecule is CC(C)(C)c1ccc(-n2c3ccccc3c3ccccc3c3ccccc3c3ccccc32)cc1.CC(C)(C)c1ccc(N(c2ccccc2)c2ccccc2)cc1.CC(C)N(c1ccc(C(C)(C)C)cc1)C(C)C.CN(C)c1ccc(C(C)(C)C)cc1.CN(c1ccccc1)c1ccc(C(C)(C)C)cc1. The van der Waals surface area contributed by atoms with Crippen LogP contribution >= 0.6 is 0 Å². The first-order chi connectivity index (χ1) is 50.2. The molecule has 0 aliphatic heterocycles. The molecule has 12 aromatic carbocycles. The monoisotopic (exact) mass is 1400 g/mol. The van der Waals surface area contributed by atoms with Crippen LogP contribution < -0.4 is 19.6 Å². The third-order valence-electron chi connectivity index (χ3n) is 19.7. The van der Waals surface area contributed by atoms with Crippen LogP contribution in [0.25, 0.3) is 49.0 Å². The van der Waals surface area contributed by atoms with Crippen molar-refractivity contribution in [3.63, 3.8) is 0 Å². The summed E-state index contributed by atoms with van der Waals surface area (Å²) in [6.45, 7) is 42.7. The maximum absolute atomic E-state index is 2.45. The minimum absolute atomic E-state index is 0.111. The van der Waals surface area contributed by atoms with Crippen LogP contribution in [0, 0.1) is 0 Å². The maximum Gasteiger partial charge on any atom is 0.0540 e. The summed E-state index contributed by atoms with van der Waals surface area (Å²) in [5, 5.41) is 7.48. The lowest BCUT2D eigenvalue weighted by Gasteiger charge is -2.33. The number of aromatic nitrogens is 1. The molecule has 0 aliphatic rings. The first-order valence-corrected chi connectivity index (χ1v) is 38.1. The van der Waals surface area contributed by atoms with E-state index in [1.165, 1.54) is 111 Å². The van der Waals surface area contributed by atoms with Gasteiger partial charge in [0.05, 0.1) is 11.0 Å². The van der Waals surface area contributed by atoms with Crippen molar-refractivity contribution < 1.29 is 0 Å². The summed E-state index contributed by atoms with van der Waals surface area (Å²) in [6.07, 6.45) is 0. The normalized spacial score (nSPS) is 11.7. The van der Waals surface area contributed by atoms with E-state index in [9.17, 15) is 0 Å². The molecule has 5 nitrogen and oxygen atoms in total. The van der Waals surface area contributed by atoms with Crippen molar-refractivity contribution in [1.82, 2.24) is 4.57 Å². The van der Waals surface area contributed by atoms with Crippen LogP contribution in [0.15, 0.2) is 309 Å². The van der Waals surface area contributed by atoms with Crippen molar-refractivity contribution >= 4 is 83.2 Å². The highest BCUT2D eigenvalue weighted by atomic mass is 15.2. The van der Waals surface area contributed by atoms with Gasteiger partial charge in [-0.25, -0.2) is 0 Å². The number of fused-ring (bicyclic) bond motifs is 7. The Morgan fingerprint density at radius 2 is 0.453 bits per heavy atom. The Hall–Kier alpha value is -10.4. The van der Waals surface area contributed by atoms with E-state index in [4.69, 9.17) is 0 Å². The molecule has 13 rings (SSSR count). The van der Waals surface area contributed by atoms with Gasteiger partial charge < -0.3 is 24.2 Å². The maximum atomic E-state index is 2.45. The van der Waals surface area contributed by atoms with Gasteiger partial charge in [-0.05, 0) is 213 Å². The molecule has 0 fully saturated rings. The van der Waals surface area contributed by atoms with Crippen molar-refractivity contribution in [2.24, 2.45) is 0 Å². The highest BCUT2D eigenvalue weighted by Crippen LogP contribution is 2.38. The van der Waals surface area contributed by atoms with Crippen molar-refractivity contribution in [3.05, 3.63) is 337 Å². The molecule has 548 valence electrons. The zero-order valence-corrected chi connectivity index (χ0v) is 67.8. The second-order valence-electron chi connectivity index (χ2n) is 33.8. The Kier molecular flexibility index (Phi) is 26.1. The highest BCUT2D eigenvalue weighted by molar-refractivity contribution is 6.19. The van der Waals surface area contributed by atoms with E-state index in [0.717, 1.165) is 5.69 Å². The predicted molar refractivity (Wildman–Crippen MR) is 469 cm³/mol. The average Bonchev–Trinajstić information content (AvgIpc) is 1.57. The van der Waals surface area contributed by atoms with Crippen LogP contribution in [-0.2, 0) is 27.1 Å². The molecule has 0 bridgehead atoms. The fraction of sp³-hybridized carbons (Fsp3) is 0.287. The molecule has 5 heteroatoms. The van der Waals surface area contributed by atoms with Crippen LogP contribution in [0.5, 0.6) is 0 Å². The summed E-state index contributed by atoms with van der Waals surface area (Å²) in [6, 6.07) is 112. The minimum atomic E-state index is 0.111. The molecule has 0 spiro atoms. The van der Waals surface area contributed by atoms with Gasteiger partial charge in [0.25, 0.3) is 0 Å². The van der Waals surface area contributed by atoms with Gasteiger partial charge in [0.15, 0.2) is 0 Å². The van der Waals surface area contributed by atoms with Gasteiger partial charge in [0.2, 0.25) is 0 Å². The summed E-state index contributed by atoms with van der Waals surface area (Å²) < 4.78 is 2.43. The van der Waals surface area contributed by atoms with Crippen LogP contribution in [0.1, 0.15) is 159 Å². The molecule has 0 N–H and O–H groups in total. The summed E-state index contributed by atoms with van der Waals surface area (Å²) >= 11 is 0. The van der Waals surface area contributed by atoms with Crippen LogP contribution in [-0.4, -0.2) is 37.8 Å². The van der Waals surface area contributed by atoms with Gasteiger partial charge in [0, 0.05) is 89.5 Å². The fourth-order valence-electron chi connectivity index (χ4n) is 13.5. The Morgan fingerprint density at radius 3 is 0.755 bits per heavy atom. The first kappa shape index (κ1) is 79.8. The van der Waals surface area contributed by atoms with E-state index < -0.39 is 0 Å². The molecule has 0 radical (unpaired) electrons. The van der Waals surface area contributed by atoms with Crippen molar-refractivity contribution in [1.29, 1.82) is 0 Å². The lowest BCUT2D eigenvalue weighted by molar-refractivity contribution is 0.587. The number of hydrogen-bond acceptors (Lipinski definition) is 4. The molecular weight excluding hydrogens is 1280 g/mol. The molecule has 0 unspecified atom stereocenters. The molecule has 0 atom stereocenters.